The first-order valence-electron chi connectivity index (χ1n) is 4.31. The fourth-order valence-corrected chi connectivity index (χ4v) is 0.947. The summed E-state index contributed by atoms with van der Waals surface area (Å²) in [5.74, 6) is 0.325. The van der Waals surface area contributed by atoms with Gasteiger partial charge in [0.1, 0.15) is 11.4 Å². The molecule has 1 rings (SSSR count). The van der Waals surface area contributed by atoms with E-state index >= 15 is 0 Å². The van der Waals surface area contributed by atoms with Crippen LogP contribution < -0.4 is 5.63 Å². The first-order valence-corrected chi connectivity index (χ1v) is 4.31. The monoisotopic (exact) mass is 182 g/mol. The molecule has 1 atom stereocenters. The highest BCUT2D eigenvalue weighted by atomic mass is 16.4. The molecule has 1 aromatic rings. The van der Waals surface area contributed by atoms with Crippen molar-refractivity contribution in [2.75, 3.05) is 0 Å². The molecule has 13 heavy (non-hydrogen) atoms. The van der Waals surface area contributed by atoms with E-state index < -0.39 is 5.60 Å². The lowest BCUT2D eigenvalue weighted by atomic mass is 10.00. The second-order valence-corrected chi connectivity index (χ2v) is 3.40. The minimum Gasteiger partial charge on any atom is -0.425 e. The van der Waals surface area contributed by atoms with E-state index in [0.717, 1.165) is 0 Å². The lowest BCUT2D eigenvalue weighted by Crippen LogP contribution is -2.21. The molecule has 1 heterocycles. The Bertz CT molecular complexity index is 349. The summed E-state index contributed by atoms with van der Waals surface area (Å²) in [5, 5.41) is 9.78. The highest BCUT2D eigenvalue weighted by Gasteiger charge is 2.23. The normalized spacial score (nSPS) is 15.4. The van der Waals surface area contributed by atoms with Gasteiger partial charge in [-0.25, -0.2) is 4.79 Å². The van der Waals surface area contributed by atoms with Crippen LogP contribution in [0.2, 0.25) is 0 Å². The van der Waals surface area contributed by atoms with Crippen molar-refractivity contribution in [2.24, 2.45) is 0 Å². The molecule has 0 saturated heterocycles. The summed E-state index contributed by atoms with van der Waals surface area (Å²) >= 11 is 0. The van der Waals surface area contributed by atoms with Gasteiger partial charge in [0.25, 0.3) is 0 Å². The summed E-state index contributed by atoms with van der Waals surface area (Å²) in [5.41, 5.74) is -0.880. The fraction of sp³-hybridized carbons (Fsp3) is 0.500. The lowest BCUT2D eigenvalue weighted by molar-refractivity contribution is 0.0269. The molecule has 0 radical (unpaired) electrons. The van der Waals surface area contributed by atoms with E-state index in [4.69, 9.17) is 4.42 Å². The van der Waals surface area contributed by atoms with E-state index in [1.54, 1.807) is 26.0 Å². The molecule has 0 bridgehead atoms. The Hall–Kier alpha value is -1.09. The molecular formula is C10H14O3. The van der Waals surface area contributed by atoms with Crippen LogP contribution in [-0.4, -0.2) is 5.11 Å². The van der Waals surface area contributed by atoms with E-state index in [1.807, 2.05) is 6.92 Å². The predicted octanol–water partition coefficient (Wildman–Crippen LogP) is 1.57. The topological polar surface area (TPSA) is 50.4 Å². The summed E-state index contributed by atoms with van der Waals surface area (Å²) in [7, 11) is 0. The number of hydrogen-bond acceptors (Lipinski definition) is 3. The molecule has 72 valence electrons. The van der Waals surface area contributed by atoms with Crippen molar-refractivity contribution in [3.63, 3.8) is 0 Å². The minimum absolute atomic E-state index is 0.325. The minimum atomic E-state index is -1.05. The van der Waals surface area contributed by atoms with Crippen molar-refractivity contribution in [2.45, 2.75) is 32.8 Å². The molecule has 0 aromatic carbocycles. The van der Waals surface area contributed by atoms with E-state index in [9.17, 15) is 9.90 Å². The van der Waals surface area contributed by atoms with Gasteiger partial charge in [-0.05, 0) is 32.4 Å². The zero-order valence-corrected chi connectivity index (χ0v) is 8.13. The fourth-order valence-electron chi connectivity index (χ4n) is 0.947. The van der Waals surface area contributed by atoms with Crippen LogP contribution in [-0.2, 0) is 5.60 Å². The van der Waals surface area contributed by atoms with Crippen molar-refractivity contribution < 1.29 is 9.52 Å². The van der Waals surface area contributed by atoms with E-state index in [1.165, 1.54) is 0 Å². The van der Waals surface area contributed by atoms with Crippen molar-refractivity contribution in [1.29, 1.82) is 0 Å². The van der Waals surface area contributed by atoms with Crippen LogP contribution in [0.4, 0.5) is 0 Å². The van der Waals surface area contributed by atoms with Crippen molar-refractivity contribution in [1.82, 2.24) is 0 Å². The van der Waals surface area contributed by atoms with Crippen LogP contribution >= 0.6 is 0 Å². The predicted molar refractivity (Wildman–Crippen MR) is 49.6 cm³/mol. The third-order valence-corrected chi connectivity index (χ3v) is 2.23. The highest BCUT2D eigenvalue weighted by molar-refractivity contribution is 5.13. The van der Waals surface area contributed by atoms with Crippen LogP contribution in [0.5, 0.6) is 0 Å². The van der Waals surface area contributed by atoms with E-state index in [2.05, 4.69) is 0 Å². The molecule has 0 fully saturated rings. The van der Waals surface area contributed by atoms with Crippen molar-refractivity contribution >= 4 is 0 Å². The maximum absolute atomic E-state index is 11.1. The van der Waals surface area contributed by atoms with Gasteiger partial charge in [0.05, 0.1) is 0 Å². The molecular weight excluding hydrogens is 168 g/mol. The number of hydrogen-bond donors (Lipinski definition) is 1. The molecule has 3 heteroatoms. The Balaban J connectivity index is 3.18. The van der Waals surface area contributed by atoms with Gasteiger partial charge in [-0.1, -0.05) is 6.92 Å². The van der Waals surface area contributed by atoms with Gasteiger partial charge in [-0.3, -0.25) is 0 Å². The van der Waals surface area contributed by atoms with Gasteiger partial charge >= 0.3 is 5.63 Å². The summed E-state index contributed by atoms with van der Waals surface area (Å²) < 4.78 is 4.96. The highest BCUT2D eigenvalue weighted by Crippen LogP contribution is 2.22. The standard InChI is InChI=1S/C10H14O3/c1-4-10(3,12)8-6-5-7(2)9(11)13-8/h5-6,12H,4H2,1-3H3. The Morgan fingerprint density at radius 2 is 2.15 bits per heavy atom. The average molecular weight is 182 g/mol. The lowest BCUT2D eigenvalue weighted by Gasteiger charge is -2.19. The number of rotatable bonds is 2. The number of aryl methyl sites for hydroxylation is 1. The van der Waals surface area contributed by atoms with Gasteiger partial charge in [-0.2, -0.15) is 0 Å². The second kappa shape index (κ2) is 3.34. The quantitative estimate of drug-likeness (QED) is 0.755. The largest absolute Gasteiger partial charge is 0.425 e. The average Bonchev–Trinajstić information content (AvgIpc) is 2.09. The van der Waals surface area contributed by atoms with Crippen LogP contribution in [0.25, 0.3) is 0 Å². The molecule has 0 aliphatic heterocycles. The first kappa shape index (κ1) is 9.99. The smallest absolute Gasteiger partial charge is 0.338 e. The molecule has 1 aromatic heterocycles. The molecule has 1 N–H and O–H groups in total. The van der Waals surface area contributed by atoms with Crippen LogP contribution in [0.3, 0.4) is 0 Å². The van der Waals surface area contributed by atoms with Crippen LogP contribution in [0.15, 0.2) is 21.3 Å². The summed E-state index contributed by atoms with van der Waals surface area (Å²) in [6, 6.07) is 3.30. The van der Waals surface area contributed by atoms with Crippen LogP contribution in [0.1, 0.15) is 31.6 Å². The molecule has 3 nitrogen and oxygen atoms in total. The summed E-state index contributed by atoms with van der Waals surface area (Å²) in [4.78, 5) is 11.1. The third kappa shape index (κ3) is 1.98. The molecule has 0 amide bonds. The third-order valence-electron chi connectivity index (χ3n) is 2.23. The summed E-state index contributed by atoms with van der Waals surface area (Å²) in [6.07, 6.45) is 0.513. The number of aliphatic hydroxyl groups is 1. The first-order chi connectivity index (χ1) is 5.97. The summed E-state index contributed by atoms with van der Waals surface area (Å²) in [6.45, 7) is 5.14. The Kier molecular flexibility index (Phi) is 2.57. The van der Waals surface area contributed by atoms with E-state index in [0.29, 0.717) is 17.7 Å². The van der Waals surface area contributed by atoms with Gasteiger partial charge in [0, 0.05) is 5.56 Å². The van der Waals surface area contributed by atoms with Gasteiger partial charge in [0.2, 0.25) is 0 Å². The van der Waals surface area contributed by atoms with Gasteiger partial charge in [0.15, 0.2) is 0 Å². The van der Waals surface area contributed by atoms with Gasteiger partial charge in [-0.15, -0.1) is 0 Å². The zero-order valence-electron chi connectivity index (χ0n) is 8.13. The second-order valence-electron chi connectivity index (χ2n) is 3.40. The SMILES string of the molecule is CCC(C)(O)c1ccc(C)c(=O)o1. The molecule has 0 saturated carbocycles. The Morgan fingerprint density at radius 1 is 1.54 bits per heavy atom. The molecule has 0 aliphatic rings. The molecule has 0 spiro atoms. The molecule has 1 unspecified atom stereocenters. The van der Waals surface area contributed by atoms with E-state index in [-0.39, 0.29) is 5.63 Å². The van der Waals surface area contributed by atoms with Gasteiger partial charge < -0.3 is 9.52 Å². The van der Waals surface area contributed by atoms with Crippen molar-refractivity contribution in [3.05, 3.63) is 33.9 Å². The zero-order chi connectivity index (χ0) is 10.1. The Morgan fingerprint density at radius 3 is 2.62 bits per heavy atom. The molecule has 0 aliphatic carbocycles. The maximum atomic E-state index is 11.1. The Labute approximate surface area is 77.0 Å². The van der Waals surface area contributed by atoms with Crippen molar-refractivity contribution in [3.8, 4) is 0 Å². The maximum Gasteiger partial charge on any atom is 0.338 e. The van der Waals surface area contributed by atoms with Crippen LogP contribution in [0, 0.1) is 6.92 Å².